The Morgan fingerprint density at radius 1 is 1.56 bits per heavy atom. The normalized spacial score (nSPS) is 10.6. The average Bonchev–Trinajstić information content (AvgIpc) is 2.14. The van der Waals surface area contributed by atoms with Crippen LogP contribution in [0.25, 0.3) is 0 Å². The van der Waals surface area contributed by atoms with E-state index in [-0.39, 0.29) is 5.95 Å². The molecule has 1 rings (SSSR count). The Bertz CT molecular complexity index is 190. The molecule has 1 aromatic heterocycles. The molecule has 0 unspecified atom stereocenters. The summed E-state index contributed by atoms with van der Waals surface area (Å²) in [6.07, 6.45) is 0.717. The summed E-state index contributed by atoms with van der Waals surface area (Å²) < 4.78 is 1.27. The van der Waals surface area contributed by atoms with Crippen molar-refractivity contribution in [3.8, 4) is 0 Å². The van der Waals surface area contributed by atoms with Crippen molar-refractivity contribution in [3.05, 3.63) is 6.33 Å². The van der Waals surface area contributed by atoms with Crippen LogP contribution in [0.2, 0.25) is 0 Å². The van der Waals surface area contributed by atoms with E-state index in [1.165, 1.54) is 11.0 Å². The predicted molar refractivity (Wildman–Crippen MR) is 31.8 cm³/mol. The number of anilines is 1. The molecule has 1 heterocycles. The summed E-state index contributed by atoms with van der Waals surface area (Å²) in [4.78, 5) is 3.61. The van der Waals surface area contributed by atoms with Gasteiger partial charge < -0.3 is 5.73 Å². The summed E-state index contributed by atoms with van der Waals surface area (Å²) in [7, 11) is 0. The minimum absolute atomic E-state index is 0.177. The second kappa shape index (κ2) is 2.00. The van der Waals surface area contributed by atoms with Crippen molar-refractivity contribution >= 4 is 5.95 Å². The van der Waals surface area contributed by atoms with Gasteiger partial charge in [0.25, 0.3) is 0 Å². The van der Waals surface area contributed by atoms with Crippen molar-refractivity contribution in [1.82, 2.24) is 14.8 Å². The molecule has 50 valence electrons. The maximum atomic E-state index is 5.21. The molecule has 0 aliphatic carbocycles. The van der Waals surface area contributed by atoms with Gasteiger partial charge in [-0.25, -0.2) is 9.67 Å². The summed E-state index contributed by atoms with van der Waals surface area (Å²) in [6, 6.07) is 0. The van der Waals surface area contributed by atoms with Crippen molar-refractivity contribution in [3.63, 3.8) is 0 Å². The molecule has 0 radical (unpaired) electrons. The Labute approximate surface area is 51.6 Å². The number of hydrogen-bond acceptors (Lipinski definition) is 5. The molecule has 0 saturated carbocycles. The lowest BCUT2D eigenvalue weighted by Crippen LogP contribution is -2.27. The fourth-order valence-corrected chi connectivity index (χ4v) is 0.432. The SMILES string of the molecule is Nc1ncn(C(N)N)n1. The van der Waals surface area contributed by atoms with Crippen LogP contribution in [0, 0.1) is 0 Å². The van der Waals surface area contributed by atoms with Crippen LogP contribution in [0.5, 0.6) is 0 Å². The van der Waals surface area contributed by atoms with Crippen molar-refractivity contribution in [2.24, 2.45) is 11.5 Å². The van der Waals surface area contributed by atoms with E-state index >= 15 is 0 Å². The molecule has 6 N–H and O–H groups in total. The zero-order chi connectivity index (χ0) is 6.85. The average molecular weight is 128 g/mol. The number of aromatic nitrogens is 3. The molecule has 0 aromatic carbocycles. The van der Waals surface area contributed by atoms with Gasteiger partial charge in [-0.15, -0.1) is 5.10 Å². The van der Waals surface area contributed by atoms with Crippen LogP contribution in [0.4, 0.5) is 5.95 Å². The minimum atomic E-state index is -0.658. The molecular formula is C3H8N6. The van der Waals surface area contributed by atoms with E-state index in [1.807, 2.05) is 0 Å². The van der Waals surface area contributed by atoms with Gasteiger partial charge in [-0.05, 0) is 0 Å². The number of hydrogen-bond donors (Lipinski definition) is 3. The molecule has 0 amide bonds. The van der Waals surface area contributed by atoms with E-state index in [1.54, 1.807) is 0 Å². The van der Waals surface area contributed by atoms with Gasteiger partial charge in [0.05, 0.1) is 0 Å². The van der Waals surface area contributed by atoms with Crippen LogP contribution in [-0.2, 0) is 0 Å². The van der Waals surface area contributed by atoms with Gasteiger partial charge >= 0.3 is 0 Å². The summed E-state index contributed by atoms with van der Waals surface area (Å²) in [5, 5.41) is 3.64. The van der Waals surface area contributed by atoms with Crippen molar-refractivity contribution in [2.45, 2.75) is 6.29 Å². The summed E-state index contributed by atoms with van der Waals surface area (Å²) in [5.41, 5.74) is 15.6. The Hall–Kier alpha value is -1.14. The number of nitrogens with two attached hydrogens (primary N) is 3. The maximum absolute atomic E-state index is 5.21. The molecule has 0 aliphatic rings. The molecular weight excluding hydrogens is 120 g/mol. The molecule has 0 bridgehead atoms. The Balaban J connectivity index is 2.85. The topological polar surface area (TPSA) is 109 Å². The quantitative estimate of drug-likeness (QED) is 0.388. The van der Waals surface area contributed by atoms with Gasteiger partial charge in [0, 0.05) is 0 Å². The van der Waals surface area contributed by atoms with Crippen molar-refractivity contribution in [2.75, 3.05) is 5.73 Å². The Kier molecular flexibility index (Phi) is 1.33. The van der Waals surface area contributed by atoms with Crippen molar-refractivity contribution < 1.29 is 0 Å². The standard InChI is InChI=1S/C3H8N6/c4-2(5)9-1-7-3(6)8-9/h1-2H,4-5H2,(H2,6,8). The van der Waals surface area contributed by atoms with E-state index in [4.69, 9.17) is 17.2 Å². The van der Waals surface area contributed by atoms with Crippen molar-refractivity contribution in [1.29, 1.82) is 0 Å². The largest absolute Gasteiger partial charge is 0.367 e. The summed E-state index contributed by atoms with van der Waals surface area (Å²) in [5.74, 6) is 0.177. The lowest BCUT2D eigenvalue weighted by Gasteiger charge is -2.01. The zero-order valence-electron chi connectivity index (χ0n) is 4.73. The maximum Gasteiger partial charge on any atom is 0.239 e. The minimum Gasteiger partial charge on any atom is -0.367 e. The van der Waals surface area contributed by atoms with Gasteiger partial charge in [-0.1, -0.05) is 0 Å². The van der Waals surface area contributed by atoms with Crippen LogP contribution >= 0.6 is 0 Å². The zero-order valence-corrected chi connectivity index (χ0v) is 4.73. The third-order valence-corrected chi connectivity index (χ3v) is 0.832. The molecule has 0 atom stereocenters. The van der Waals surface area contributed by atoms with Gasteiger partial charge in [-0.2, -0.15) is 0 Å². The third kappa shape index (κ3) is 1.15. The van der Waals surface area contributed by atoms with Gasteiger partial charge in [0.15, 0.2) is 6.29 Å². The second-order valence-electron chi connectivity index (χ2n) is 1.57. The highest BCUT2D eigenvalue weighted by Gasteiger charge is 1.97. The number of nitrogens with zero attached hydrogens (tertiary/aromatic N) is 3. The van der Waals surface area contributed by atoms with Crippen LogP contribution in [0.15, 0.2) is 6.33 Å². The van der Waals surface area contributed by atoms with Crippen LogP contribution in [-0.4, -0.2) is 14.8 Å². The smallest absolute Gasteiger partial charge is 0.239 e. The first-order valence-electron chi connectivity index (χ1n) is 2.38. The predicted octanol–water partition coefficient (Wildman–Crippen LogP) is -1.77. The van der Waals surface area contributed by atoms with E-state index in [9.17, 15) is 0 Å². The van der Waals surface area contributed by atoms with Gasteiger partial charge in [-0.3, -0.25) is 11.5 Å². The Morgan fingerprint density at radius 2 is 2.22 bits per heavy atom. The highest BCUT2D eigenvalue weighted by Crippen LogP contribution is 1.90. The molecule has 6 nitrogen and oxygen atoms in total. The highest BCUT2D eigenvalue weighted by molar-refractivity contribution is 5.09. The van der Waals surface area contributed by atoms with E-state index < -0.39 is 6.29 Å². The lowest BCUT2D eigenvalue weighted by molar-refractivity contribution is 0.486. The molecule has 0 saturated heterocycles. The number of rotatable bonds is 1. The summed E-state index contributed by atoms with van der Waals surface area (Å²) in [6.45, 7) is 0. The molecule has 0 fully saturated rings. The second-order valence-corrected chi connectivity index (χ2v) is 1.57. The van der Waals surface area contributed by atoms with Gasteiger partial charge in [0.2, 0.25) is 5.95 Å². The first-order chi connectivity index (χ1) is 4.20. The first kappa shape index (κ1) is 5.99. The van der Waals surface area contributed by atoms with E-state index in [2.05, 4.69) is 10.1 Å². The molecule has 0 aliphatic heterocycles. The van der Waals surface area contributed by atoms with Crippen LogP contribution in [0.1, 0.15) is 6.29 Å². The van der Waals surface area contributed by atoms with Gasteiger partial charge in [0.1, 0.15) is 6.33 Å². The van der Waals surface area contributed by atoms with Crippen LogP contribution in [0.3, 0.4) is 0 Å². The summed E-state index contributed by atoms with van der Waals surface area (Å²) >= 11 is 0. The van der Waals surface area contributed by atoms with E-state index in [0.717, 1.165) is 0 Å². The lowest BCUT2D eigenvalue weighted by atomic mass is 10.9. The molecule has 9 heavy (non-hydrogen) atoms. The fraction of sp³-hybridized carbons (Fsp3) is 0.333. The van der Waals surface area contributed by atoms with Crippen LogP contribution < -0.4 is 17.2 Å². The molecule has 0 spiro atoms. The highest BCUT2D eigenvalue weighted by atomic mass is 15.4. The monoisotopic (exact) mass is 128 g/mol. The first-order valence-corrected chi connectivity index (χ1v) is 2.38. The number of nitrogen functional groups attached to an aromatic ring is 1. The fourth-order valence-electron chi connectivity index (χ4n) is 0.432. The molecule has 6 heteroatoms. The Morgan fingerprint density at radius 3 is 2.44 bits per heavy atom. The molecule has 1 aromatic rings. The third-order valence-electron chi connectivity index (χ3n) is 0.832. The van der Waals surface area contributed by atoms with E-state index in [0.29, 0.717) is 0 Å².